The van der Waals surface area contributed by atoms with Crippen molar-refractivity contribution in [2.75, 3.05) is 0 Å². The van der Waals surface area contributed by atoms with Crippen LogP contribution in [0.5, 0.6) is 0 Å². The normalized spacial score (nSPS) is 20.2. The number of hydrogen-bond acceptors (Lipinski definition) is 1. The second-order valence-corrected chi connectivity index (χ2v) is 6.66. The Morgan fingerprint density at radius 1 is 1.12 bits per heavy atom. The van der Waals surface area contributed by atoms with Crippen molar-refractivity contribution in [1.82, 2.24) is 5.32 Å². The molecular weight excluding hydrogens is 210 g/mol. The highest BCUT2D eigenvalue weighted by molar-refractivity contribution is 5.81. The summed E-state index contributed by atoms with van der Waals surface area (Å²) in [5.41, 5.74) is 0.218. The molecule has 0 aromatic carbocycles. The molecule has 0 radical (unpaired) electrons. The second-order valence-electron chi connectivity index (χ2n) is 6.66. The van der Waals surface area contributed by atoms with Crippen LogP contribution in [-0.2, 0) is 4.79 Å². The van der Waals surface area contributed by atoms with E-state index in [9.17, 15) is 4.79 Å². The van der Waals surface area contributed by atoms with E-state index < -0.39 is 0 Å². The Labute approximate surface area is 108 Å². The average molecular weight is 241 g/mol. The number of carbonyl (C=O) groups is 1. The van der Waals surface area contributed by atoms with E-state index in [1.54, 1.807) is 0 Å². The third kappa shape index (κ3) is 6.09. The number of rotatable bonds is 1. The molecule has 0 saturated heterocycles. The van der Waals surface area contributed by atoms with Crippen LogP contribution in [0.4, 0.5) is 0 Å². The Hall–Kier alpha value is -0.530. The molecule has 102 valence electrons. The summed E-state index contributed by atoms with van der Waals surface area (Å²) in [6, 6.07) is 0.407. The number of hydrogen-bond donors (Lipinski definition) is 1. The third-order valence-corrected chi connectivity index (χ3v) is 3.36. The lowest BCUT2D eigenvalue weighted by atomic mass is 9.75. The zero-order chi connectivity index (χ0) is 13.7. The van der Waals surface area contributed by atoms with E-state index in [4.69, 9.17) is 0 Å². The lowest BCUT2D eigenvalue weighted by molar-refractivity contribution is -0.129. The highest BCUT2D eigenvalue weighted by Gasteiger charge is 2.30. The first-order valence-corrected chi connectivity index (χ1v) is 7.02. The summed E-state index contributed by atoms with van der Waals surface area (Å²) in [5, 5.41) is 3.16. The fourth-order valence-electron chi connectivity index (χ4n) is 1.95. The Morgan fingerprint density at radius 2 is 1.53 bits per heavy atom. The van der Waals surface area contributed by atoms with E-state index in [1.165, 1.54) is 12.8 Å². The fraction of sp³-hybridized carbons (Fsp3) is 0.933. The van der Waals surface area contributed by atoms with Crippen molar-refractivity contribution in [3.05, 3.63) is 0 Å². The molecule has 1 amide bonds. The first-order valence-electron chi connectivity index (χ1n) is 7.02. The third-order valence-electron chi connectivity index (χ3n) is 3.36. The summed E-state index contributed by atoms with van der Waals surface area (Å²) < 4.78 is 0. The summed E-state index contributed by atoms with van der Waals surface area (Å²) in [5.74, 6) is 0.187. The van der Waals surface area contributed by atoms with Gasteiger partial charge in [0.1, 0.15) is 0 Å². The molecule has 1 aliphatic rings. The quantitative estimate of drug-likeness (QED) is 0.734. The molecule has 2 heteroatoms. The zero-order valence-electron chi connectivity index (χ0n) is 12.8. The average Bonchev–Trinajstić information content (AvgIpc) is 2.23. The minimum atomic E-state index is -0.257. The maximum atomic E-state index is 11.8. The van der Waals surface area contributed by atoms with Crippen LogP contribution in [0.25, 0.3) is 0 Å². The molecule has 1 N–H and O–H groups in total. The van der Waals surface area contributed by atoms with Gasteiger partial charge in [-0.3, -0.25) is 4.79 Å². The fourth-order valence-corrected chi connectivity index (χ4v) is 1.95. The highest BCUT2D eigenvalue weighted by atomic mass is 16.2. The van der Waals surface area contributed by atoms with E-state index in [2.05, 4.69) is 19.2 Å². The molecule has 0 bridgehead atoms. The first-order chi connectivity index (χ1) is 7.71. The predicted octanol–water partition coefficient (Wildman–Crippen LogP) is 4.14. The summed E-state index contributed by atoms with van der Waals surface area (Å²) in [7, 11) is 0. The maximum absolute atomic E-state index is 11.8. The topological polar surface area (TPSA) is 29.1 Å². The molecule has 1 fully saturated rings. The van der Waals surface area contributed by atoms with Gasteiger partial charge in [0.15, 0.2) is 0 Å². The van der Waals surface area contributed by atoms with Crippen LogP contribution in [0.15, 0.2) is 0 Å². The molecule has 0 unspecified atom stereocenters. The molecule has 1 rings (SSSR count). The summed E-state index contributed by atoms with van der Waals surface area (Å²) in [4.78, 5) is 11.8. The van der Waals surface area contributed by atoms with E-state index >= 15 is 0 Å². The van der Waals surface area contributed by atoms with Crippen molar-refractivity contribution in [2.24, 2.45) is 10.8 Å². The first kappa shape index (κ1) is 16.5. The predicted molar refractivity (Wildman–Crippen MR) is 75.0 cm³/mol. The second kappa shape index (κ2) is 6.42. The van der Waals surface area contributed by atoms with Gasteiger partial charge in [0.25, 0.3) is 0 Å². The Kier molecular flexibility index (Phi) is 6.22. The Bertz CT molecular complexity index is 228. The monoisotopic (exact) mass is 241 g/mol. The number of carbonyl (C=O) groups excluding carboxylic acids is 1. The van der Waals surface area contributed by atoms with Gasteiger partial charge in [-0.15, -0.1) is 0 Å². The highest BCUT2D eigenvalue weighted by Crippen LogP contribution is 2.35. The van der Waals surface area contributed by atoms with Gasteiger partial charge in [-0.1, -0.05) is 48.5 Å². The molecule has 0 aromatic rings. The molecule has 0 aromatic heterocycles. The van der Waals surface area contributed by atoms with Crippen LogP contribution in [0.3, 0.4) is 0 Å². The molecular formula is C15H31NO. The molecule has 1 aliphatic carbocycles. The van der Waals surface area contributed by atoms with E-state index in [0.717, 1.165) is 12.8 Å². The zero-order valence-corrected chi connectivity index (χ0v) is 12.8. The summed E-state index contributed by atoms with van der Waals surface area (Å²) >= 11 is 0. The lowest BCUT2D eigenvalue weighted by Crippen LogP contribution is -2.44. The van der Waals surface area contributed by atoms with Gasteiger partial charge in [0, 0.05) is 11.5 Å². The van der Waals surface area contributed by atoms with Crippen LogP contribution in [0, 0.1) is 10.8 Å². The van der Waals surface area contributed by atoms with Crippen molar-refractivity contribution in [3.8, 4) is 0 Å². The van der Waals surface area contributed by atoms with E-state index in [-0.39, 0.29) is 11.3 Å². The van der Waals surface area contributed by atoms with E-state index in [1.807, 2.05) is 34.6 Å². The smallest absolute Gasteiger partial charge is 0.225 e. The van der Waals surface area contributed by atoms with Crippen LogP contribution < -0.4 is 5.32 Å². The molecule has 17 heavy (non-hydrogen) atoms. The largest absolute Gasteiger partial charge is 0.353 e. The van der Waals surface area contributed by atoms with Gasteiger partial charge in [-0.05, 0) is 31.1 Å². The van der Waals surface area contributed by atoms with Crippen molar-refractivity contribution >= 4 is 5.91 Å². The van der Waals surface area contributed by atoms with Crippen LogP contribution in [0.1, 0.15) is 74.1 Å². The standard InChI is InChI=1S/C13H25NO.C2H6/c1-12(2,3)11(15)14-10-6-8-13(4,5)9-7-10;1-2/h10H,6-9H2,1-5H3,(H,14,15);1-2H3. The minimum Gasteiger partial charge on any atom is -0.353 e. The maximum Gasteiger partial charge on any atom is 0.225 e. The van der Waals surface area contributed by atoms with Crippen molar-refractivity contribution in [2.45, 2.75) is 80.2 Å². The molecule has 0 spiro atoms. The molecule has 0 heterocycles. The van der Waals surface area contributed by atoms with Gasteiger partial charge < -0.3 is 5.32 Å². The molecule has 2 nitrogen and oxygen atoms in total. The van der Waals surface area contributed by atoms with Crippen molar-refractivity contribution < 1.29 is 4.79 Å². The van der Waals surface area contributed by atoms with Crippen LogP contribution in [-0.4, -0.2) is 11.9 Å². The Morgan fingerprint density at radius 3 is 1.88 bits per heavy atom. The van der Waals surface area contributed by atoms with Gasteiger partial charge in [0.2, 0.25) is 5.91 Å². The van der Waals surface area contributed by atoms with Gasteiger partial charge in [-0.25, -0.2) is 0 Å². The minimum absolute atomic E-state index is 0.187. The molecule has 1 saturated carbocycles. The number of amides is 1. The van der Waals surface area contributed by atoms with Crippen LogP contribution >= 0.6 is 0 Å². The van der Waals surface area contributed by atoms with Crippen molar-refractivity contribution in [1.29, 1.82) is 0 Å². The Balaban J connectivity index is 0.00000121. The molecule has 0 aliphatic heterocycles. The summed E-state index contributed by atoms with van der Waals surface area (Å²) in [6.45, 7) is 14.5. The van der Waals surface area contributed by atoms with Gasteiger partial charge >= 0.3 is 0 Å². The number of nitrogens with one attached hydrogen (secondary N) is 1. The van der Waals surface area contributed by atoms with Gasteiger partial charge in [-0.2, -0.15) is 0 Å². The van der Waals surface area contributed by atoms with Gasteiger partial charge in [0.05, 0.1) is 0 Å². The van der Waals surface area contributed by atoms with Crippen LogP contribution in [0.2, 0.25) is 0 Å². The summed E-state index contributed by atoms with van der Waals surface area (Å²) in [6.07, 6.45) is 4.72. The van der Waals surface area contributed by atoms with E-state index in [0.29, 0.717) is 11.5 Å². The SMILES string of the molecule is CC.CC1(C)CCC(NC(=O)C(C)(C)C)CC1. The molecule has 0 atom stereocenters. The lowest BCUT2D eigenvalue weighted by Gasteiger charge is -2.35. The van der Waals surface area contributed by atoms with Crippen molar-refractivity contribution in [3.63, 3.8) is 0 Å².